The van der Waals surface area contributed by atoms with Gasteiger partial charge in [0.1, 0.15) is 0 Å². The van der Waals surface area contributed by atoms with Crippen molar-refractivity contribution in [1.29, 1.82) is 0 Å². The first-order valence-electron chi connectivity index (χ1n) is 5.78. The van der Waals surface area contributed by atoms with Crippen LogP contribution < -0.4 is 21.5 Å². The molecular formula is C10H22N4S2. The molecule has 0 bridgehead atoms. The van der Waals surface area contributed by atoms with E-state index in [0.29, 0.717) is 10.2 Å². The smallest absolute Gasteiger partial charge is 0.185 e. The van der Waals surface area contributed by atoms with Gasteiger partial charge in [0.2, 0.25) is 0 Å². The van der Waals surface area contributed by atoms with Crippen LogP contribution in [-0.4, -0.2) is 23.3 Å². The summed E-state index contributed by atoms with van der Waals surface area (Å²) in [4.78, 5) is 0. The van der Waals surface area contributed by atoms with E-state index in [1.165, 1.54) is 0 Å². The van der Waals surface area contributed by atoms with Gasteiger partial charge < -0.3 is 10.6 Å². The van der Waals surface area contributed by atoms with Crippen LogP contribution in [0.15, 0.2) is 0 Å². The summed E-state index contributed by atoms with van der Waals surface area (Å²) < 4.78 is 0. The molecule has 0 unspecified atom stereocenters. The average Bonchev–Trinajstić information content (AvgIpc) is 2.27. The lowest BCUT2D eigenvalue weighted by molar-refractivity contribution is 0.712. The van der Waals surface area contributed by atoms with E-state index in [1.807, 2.05) is 0 Å². The van der Waals surface area contributed by atoms with Gasteiger partial charge in [-0.2, -0.15) is 0 Å². The lowest BCUT2D eigenvalue weighted by Gasteiger charge is -2.13. The molecule has 16 heavy (non-hydrogen) atoms. The molecule has 0 aliphatic rings. The van der Waals surface area contributed by atoms with E-state index in [9.17, 15) is 0 Å². The number of unbranched alkanes of at least 4 members (excludes halogenated alkanes) is 2. The molecule has 4 nitrogen and oxygen atoms in total. The van der Waals surface area contributed by atoms with Crippen LogP contribution in [0.2, 0.25) is 0 Å². The summed E-state index contributed by atoms with van der Waals surface area (Å²) in [6, 6.07) is 0. The van der Waals surface area contributed by atoms with Crippen molar-refractivity contribution >= 4 is 34.7 Å². The minimum absolute atomic E-state index is 0.577. The molecule has 0 saturated carbocycles. The van der Waals surface area contributed by atoms with Crippen molar-refractivity contribution in [2.24, 2.45) is 0 Å². The van der Waals surface area contributed by atoms with Crippen molar-refractivity contribution < 1.29 is 0 Å². The maximum Gasteiger partial charge on any atom is 0.185 e. The van der Waals surface area contributed by atoms with E-state index in [-0.39, 0.29) is 0 Å². The van der Waals surface area contributed by atoms with Gasteiger partial charge in [-0.25, -0.2) is 0 Å². The molecule has 4 N–H and O–H groups in total. The van der Waals surface area contributed by atoms with Gasteiger partial charge in [0.05, 0.1) is 0 Å². The Balaban J connectivity index is 3.40. The number of hydrogen-bond acceptors (Lipinski definition) is 2. The standard InChI is InChI=1S/C10H22N4S2/c1-3-5-7-11-9(15)13-14-10(16)12-8-6-4-2/h3-8H2,1-2H3,(H2,11,13,15)(H2,12,14,16). The quantitative estimate of drug-likeness (QED) is 0.330. The molecule has 0 aliphatic heterocycles. The Labute approximate surface area is 109 Å². The molecule has 0 atom stereocenters. The summed E-state index contributed by atoms with van der Waals surface area (Å²) in [5, 5.41) is 7.31. The zero-order chi connectivity index (χ0) is 12.2. The van der Waals surface area contributed by atoms with E-state index >= 15 is 0 Å². The van der Waals surface area contributed by atoms with Gasteiger partial charge in [0.15, 0.2) is 10.2 Å². The fourth-order valence-corrected chi connectivity index (χ4v) is 1.27. The first-order chi connectivity index (χ1) is 7.70. The Kier molecular flexibility index (Phi) is 10.5. The van der Waals surface area contributed by atoms with Crippen LogP contribution in [0.25, 0.3) is 0 Å². The van der Waals surface area contributed by atoms with Crippen molar-refractivity contribution in [3.63, 3.8) is 0 Å². The van der Waals surface area contributed by atoms with Crippen molar-refractivity contribution in [2.45, 2.75) is 39.5 Å². The molecule has 0 amide bonds. The molecule has 0 fully saturated rings. The normalized spacial score (nSPS) is 9.38. The highest BCUT2D eigenvalue weighted by Gasteiger charge is 1.96. The Morgan fingerprint density at radius 2 is 1.19 bits per heavy atom. The summed E-state index contributed by atoms with van der Waals surface area (Å²) in [6.07, 6.45) is 4.53. The first kappa shape index (κ1) is 15.4. The van der Waals surface area contributed by atoms with E-state index in [0.717, 1.165) is 38.8 Å². The van der Waals surface area contributed by atoms with Crippen LogP contribution in [0.5, 0.6) is 0 Å². The predicted octanol–water partition coefficient (Wildman–Crippen LogP) is 1.43. The van der Waals surface area contributed by atoms with Crippen LogP contribution in [0.1, 0.15) is 39.5 Å². The Morgan fingerprint density at radius 1 is 0.812 bits per heavy atom. The molecule has 0 heterocycles. The second-order valence-electron chi connectivity index (χ2n) is 3.47. The van der Waals surface area contributed by atoms with Gasteiger partial charge in [-0.05, 0) is 37.3 Å². The predicted molar refractivity (Wildman–Crippen MR) is 77.3 cm³/mol. The van der Waals surface area contributed by atoms with Gasteiger partial charge in [-0.1, -0.05) is 26.7 Å². The van der Waals surface area contributed by atoms with E-state index in [4.69, 9.17) is 24.4 Å². The molecule has 0 aliphatic carbocycles. The fourth-order valence-electron chi connectivity index (χ4n) is 0.959. The maximum absolute atomic E-state index is 5.05. The maximum atomic E-state index is 5.05. The lowest BCUT2D eigenvalue weighted by atomic mass is 10.3. The third-order valence-corrected chi connectivity index (χ3v) is 2.41. The van der Waals surface area contributed by atoms with Crippen molar-refractivity contribution in [1.82, 2.24) is 21.5 Å². The number of hydrogen-bond donors (Lipinski definition) is 4. The first-order valence-corrected chi connectivity index (χ1v) is 6.60. The SMILES string of the molecule is CCCCNC(=S)NNC(=S)NCCCC. The Hall–Kier alpha value is -0.620. The summed E-state index contributed by atoms with van der Waals surface area (Å²) in [6.45, 7) is 6.06. The number of rotatable bonds is 6. The Morgan fingerprint density at radius 3 is 1.50 bits per heavy atom. The fraction of sp³-hybridized carbons (Fsp3) is 0.800. The molecule has 0 aromatic heterocycles. The van der Waals surface area contributed by atoms with Crippen molar-refractivity contribution in [2.75, 3.05) is 13.1 Å². The van der Waals surface area contributed by atoms with Crippen LogP contribution in [0.3, 0.4) is 0 Å². The van der Waals surface area contributed by atoms with E-state index in [2.05, 4.69) is 35.3 Å². The minimum atomic E-state index is 0.577. The van der Waals surface area contributed by atoms with E-state index < -0.39 is 0 Å². The molecular weight excluding hydrogens is 240 g/mol. The van der Waals surface area contributed by atoms with Gasteiger partial charge in [-0.15, -0.1) is 0 Å². The third-order valence-electron chi connectivity index (χ3n) is 1.92. The summed E-state index contributed by atoms with van der Waals surface area (Å²) in [7, 11) is 0. The zero-order valence-corrected chi connectivity index (χ0v) is 11.7. The number of thiocarbonyl (C=S) groups is 2. The highest BCUT2D eigenvalue weighted by atomic mass is 32.1. The van der Waals surface area contributed by atoms with Gasteiger partial charge >= 0.3 is 0 Å². The second kappa shape index (κ2) is 10.9. The van der Waals surface area contributed by atoms with Crippen molar-refractivity contribution in [3.05, 3.63) is 0 Å². The van der Waals surface area contributed by atoms with Gasteiger partial charge in [0.25, 0.3) is 0 Å². The minimum Gasteiger partial charge on any atom is -0.361 e. The molecule has 6 heteroatoms. The third kappa shape index (κ3) is 9.92. The molecule has 0 rings (SSSR count). The topological polar surface area (TPSA) is 48.1 Å². The lowest BCUT2D eigenvalue weighted by Crippen LogP contribution is -2.50. The van der Waals surface area contributed by atoms with Crippen LogP contribution >= 0.6 is 24.4 Å². The monoisotopic (exact) mass is 262 g/mol. The molecule has 0 spiro atoms. The van der Waals surface area contributed by atoms with Crippen LogP contribution in [0, 0.1) is 0 Å². The number of hydrazine groups is 1. The molecule has 94 valence electrons. The van der Waals surface area contributed by atoms with Gasteiger partial charge in [-0.3, -0.25) is 10.9 Å². The van der Waals surface area contributed by atoms with Crippen molar-refractivity contribution in [3.8, 4) is 0 Å². The number of nitrogens with one attached hydrogen (secondary N) is 4. The van der Waals surface area contributed by atoms with Crippen LogP contribution in [-0.2, 0) is 0 Å². The summed E-state index contributed by atoms with van der Waals surface area (Å²) in [5.41, 5.74) is 5.67. The molecule has 0 aromatic carbocycles. The molecule has 0 aromatic rings. The largest absolute Gasteiger partial charge is 0.361 e. The second-order valence-corrected chi connectivity index (χ2v) is 4.29. The summed E-state index contributed by atoms with van der Waals surface area (Å²) in [5.74, 6) is 0. The van der Waals surface area contributed by atoms with Crippen LogP contribution in [0.4, 0.5) is 0 Å². The van der Waals surface area contributed by atoms with Gasteiger partial charge in [0, 0.05) is 13.1 Å². The highest BCUT2D eigenvalue weighted by Crippen LogP contribution is 1.82. The summed E-state index contributed by atoms with van der Waals surface area (Å²) >= 11 is 10.1. The average molecular weight is 262 g/mol. The molecule has 0 radical (unpaired) electrons. The zero-order valence-electron chi connectivity index (χ0n) is 10.1. The molecule has 0 saturated heterocycles. The Bertz CT molecular complexity index is 187. The van der Waals surface area contributed by atoms with E-state index in [1.54, 1.807) is 0 Å². The highest BCUT2D eigenvalue weighted by molar-refractivity contribution is 7.80.